The molecule has 18 heavy (non-hydrogen) atoms. The first-order valence-electron chi connectivity index (χ1n) is 6.14. The Morgan fingerprint density at radius 1 is 1.06 bits per heavy atom. The lowest BCUT2D eigenvalue weighted by atomic mass is 10.1. The monoisotopic (exact) mass is 248 g/mol. The van der Waals surface area contributed by atoms with Crippen LogP contribution in [0.2, 0.25) is 0 Å². The lowest BCUT2D eigenvalue weighted by Gasteiger charge is -2.04. The third-order valence-electron chi connectivity index (χ3n) is 2.65. The first-order chi connectivity index (χ1) is 8.63. The third-order valence-corrected chi connectivity index (χ3v) is 2.65. The molecule has 1 aromatic rings. The number of hydrogen-bond acceptors (Lipinski definition) is 3. The van der Waals surface area contributed by atoms with E-state index in [0.717, 1.165) is 12.1 Å². The molecule has 0 fully saturated rings. The van der Waals surface area contributed by atoms with Gasteiger partial charge in [0.2, 0.25) is 5.91 Å². The fraction of sp³-hybridized carbons (Fsp3) is 0.429. The van der Waals surface area contributed by atoms with Crippen molar-refractivity contribution >= 4 is 11.7 Å². The van der Waals surface area contributed by atoms with Crippen molar-refractivity contribution in [3.8, 4) is 0 Å². The van der Waals surface area contributed by atoms with Gasteiger partial charge in [-0.1, -0.05) is 29.8 Å². The fourth-order valence-electron chi connectivity index (χ4n) is 1.53. The fourth-order valence-corrected chi connectivity index (χ4v) is 1.53. The predicted octanol–water partition coefficient (Wildman–Crippen LogP) is 1.29. The van der Waals surface area contributed by atoms with Crippen molar-refractivity contribution in [2.24, 2.45) is 0 Å². The van der Waals surface area contributed by atoms with Gasteiger partial charge in [0.1, 0.15) is 0 Å². The Hall–Kier alpha value is -1.68. The standard InChI is InChI=1S/C14H20N2O2/c1-11-3-5-12(6-4-11)13(17)7-8-14(18)16-10-9-15-2/h3-6,15H,7-10H2,1-2H3,(H,16,18). The molecule has 0 radical (unpaired) electrons. The molecule has 2 N–H and O–H groups in total. The second-order valence-corrected chi connectivity index (χ2v) is 4.24. The van der Waals surface area contributed by atoms with Gasteiger partial charge in [-0.05, 0) is 14.0 Å². The summed E-state index contributed by atoms with van der Waals surface area (Å²) in [6.45, 7) is 3.30. The number of likely N-dealkylation sites (N-methyl/N-ethyl adjacent to an activating group) is 1. The lowest BCUT2D eigenvalue weighted by Crippen LogP contribution is -2.30. The maximum atomic E-state index is 11.8. The molecule has 1 aromatic carbocycles. The summed E-state index contributed by atoms with van der Waals surface area (Å²) in [6, 6.07) is 7.41. The first-order valence-corrected chi connectivity index (χ1v) is 6.14. The molecular formula is C14H20N2O2. The second-order valence-electron chi connectivity index (χ2n) is 4.24. The van der Waals surface area contributed by atoms with Gasteiger partial charge >= 0.3 is 0 Å². The molecule has 4 nitrogen and oxygen atoms in total. The molecule has 0 unspecified atom stereocenters. The number of carbonyl (C=O) groups is 2. The summed E-state index contributed by atoms with van der Waals surface area (Å²) in [5, 5.41) is 5.68. The highest BCUT2D eigenvalue weighted by Crippen LogP contribution is 2.07. The van der Waals surface area contributed by atoms with E-state index in [1.165, 1.54) is 0 Å². The number of nitrogens with one attached hydrogen (secondary N) is 2. The highest BCUT2D eigenvalue weighted by molar-refractivity contribution is 5.97. The normalized spacial score (nSPS) is 10.1. The van der Waals surface area contributed by atoms with Crippen molar-refractivity contribution in [1.29, 1.82) is 0 Å². The van der Waals surface area contributed by atoms with Crippen LogP contribution in [0.5, 0.6) is 0 Å². The molecule has 0 spiro atoms. The van der Waals surface area contributed by atoms with Gasteiger partial charge in [-0.2, -0.15) is 0 Å². The number of benzene rings is 1. The summed E-state index contributed by atoms with van der Waals surface area (Å²) in [5.41, 5.74) is 1.79. The van der Waals surface area contributed by atoms with Crippen molar-refractivity contribution in [2.75, 3.05) is 20.1 Å². The Morgan fingerprint density at radius 2 is 1.72 bits per heavy atom. The zero-order chi connectivity index (χ0) is 13.4. The Morgan fingerprint density at radius 3 is 2.33 bits per heavy atom. The molecule has 0 saturated heterocycles. The molecule has 0 saturated carbocycles. The van der Waals surface area contributed by atoms with Crippen LogP contribution in [0.4, 0.5) is 0 Å². The minimum Gasteiger partial charge on any atom is -0.355 e. The first kappa shape index (κ1) is 14.4. The minimum absolute atomic E-state index is 0.0127. The van der Waals surface area contributed by atoms with E-state index in [9.17, 15) is 9.59 Å². The predicted molar refractivity (Wildman–Crippen MR) is 71.7 cm³/mol. The maximum absolute atomic E-state index is 11.8. The molecule has 0 bridgehead atoms. The van der Waals surface area contributed by atoms with E-state index in [4.69, 9.17) is 0 Å². The van der Waals surface area contributed by atoms with Crippen LogP contribution in [0.1, 0.15) is 28.8 Å². The van der Waals surface area contributed by atoms with E-state index in [1.54, 1.807) is 12.1 Å². The van der Waals surface area contributed by atoms with Crippen molar-refractivity contribution < 1.29 is 9.59 Å². The van der Waals surface area contributed by atoms with Crippen LogP contribution in [0.15, 0.2) is 24.3 Å². The molecule has 4 heteroatoms. The number of Topliss-reactive ketones (excluding diaryl/α,β-unsaturated/α-hetero) is 1. The molecule has 0 aromatic heterocycles. The van der Waals surface area contributed by atoms with E-state index in [0.29, 0.717) is 12.1 Å². The van der Waals surface area contributed by atoms with Crippen molar-refractivity contribution in [3.63, 3.8) is 0 Å². The van der Waals surface area contributed by atoms with Gasteiger partial charge in [-0.3, -0.25) is 9.59 Å². The smallest absolute Gasteiger partial charge is 0.220 e. The Balaban J connectivity index is 2.32. The van der Waals surface area contributed by atoms with Crippen LogP contribution in [0.3, 0.4) is 0 Å². The zero-order valence-corrected chi connectivity index (χ0v) is 11.0. The number of amides is 1. The maximum Gasteiger partial charge on any atom is 0.220 e. The van der Waals surface area contributed by atoms with E-state index in [1.807, 2.05) is 26.1 Å². The zero-order valence-electron chi connectivity index (χ0n) is 11.0. The molecular weight excluding hydrogens is 228 g/mol. The molecule has 0 aliphatic rings. The molecule has 0 atom stereocenters. The number of aryl methyl sites for hydroxylation is 1. The molecule has 98 valence electrons. The van der Waals surface area contributed by atoms with Crippen LogP contribution in [-0.2, 0) is 4.79 Å². The summed E-state index contributed by atoms with van der Waals surface area (Å²) in [7, 11) is 1.83. The number of rotatable bonds is 7. The van der Waals surface area contributed by atoms with Gasteiger partial charge in [0.25, 0.3) is 0 Å². The topological polar surface area (TPSA) is 58.2 Å². The van der Waals surface area contributed by atoms with E-state index >= 15 is 0 Å². The SMILES string of the molecule is CNCCNC(=O)CCC(=O)c1ccc(C)cc1. The third kappa shape index (κ3) is 5.10. The van der Waals surface area contributed by atoms with Crippen molar-refractivity contribution in [2.45, 2.75) is 19.8 Å². The van der Waals surface area contributed by atoms with Crippen LogP contribution in [-0.4, -0.2) is 31.8 Å². The summed E-state index contributed by atoms with van der Waals surface area (Å²) < 4.78 is 0. The number of carbonyl (C=O) groups excluding carboxylic acids is 2. The quantitative estimate of drug-likeness (QED) is 0.565. The Bertz CT molecular complexity index is 399. The van der Waals surface area contributed by atoms with E-state index in [2.05, 4.69) is 10.6 Å². The van der Waals surface area contributed by atoms with Crippen LogP contribution in [0, 0.1) is 6.92 Å². The van der Waals surface area contributed by atoms with E-state index < -0.39 is 0 Å². The highest BCUT2D eigenvalue weighted by Gasteiger charge is 2.08. The van der Waals surface area contributed by atoms with Crippen LogP contribution in [0.25, 0.3) is 0 Å². The molecule has 0 aliphatic heterocycles. The summed E-state index contributed by atoms with van der Waals surface area (Å²) in [6.07, 6.45) is 0.505. The highest BCUT2D eigenvalue weighted by atomic mass is 16.2. The summed E-state index contributed by atoms with van der Waals surface area (Å²) >= 11 is 0. The van der Waals surface area contributed by atoms with Crippen LogP contribution < -0.4 is 10.6 Å². The van der Waals surface area contributed by atoms with Gasteiger partial charge in [0.05, 0.1) is 0 Å². The molecule has 0 heterocycles. The largest absolute Gasteiger partial charge is 0.355 e. The van der Waals surface area contributed by atoms with Gasteiger partial charge in [0.15, 0.2) is 5.78 Å². The Kier molecular flexibility index (Phi) is 6.08. The van der Waals surface area contributed by atoms with Gasteiger partial charge in [-0.15, -0.1) is 0 Å². The van der Waals surface area contributed by atoms with Crippen molar-refractivity contribution in [1.82, 2.24) is 10.6 Å². The Labute approximate surface area is 108 Å². The molecule has 1 amide bonds. The number of hydrogen-bond donors (Lipinski definition) is 2. The summed E-state index contributed by atoms with van der Waals surface area (Å²) in [4.78, 5) is 23.2. The summed E-state index contributed by atoms with van der Waals surface area (Å²) in [5.74, 6) is -0.0653. The second kappa shape index (κ2) is 7.61. The van der Waals surface area contributed by atoms with Gasteiger partial charge < -0.3 is 10.6 Å². The van der Waals surface area contributed by atoms with Gasteiger partial charge in [-0.25, -0.2) is 0 Å². The minimum atomic E-state index is -0.0780. The van der Waals surface area contributed by atoms with Crippen LogP contribution >= 0.6 is 0 Å². The van der Waals surface area contributed by atoms with E-state index in [-0.39, 0.29) is 24.5 Å². The van der Waals surface area contributed by atoms with Gasteiger partial charge in [0, 0.05) is 31.5 Å². The van der Waals surface area contributed by atoms with Crippen molar-refractivity contribution in [3.05, 3.63) is 35.4 Å². The lowest BCUT2D eigenvalue weighted by molar-refractivity contribution is -0.121. The molecule has 1 rings (SSSR count). The average molecular weight is 248 g/mol. The number of ketones is 1. The average Bonchev–Trinajstić information content (AvgIpc) is 2.37. The molecule has 0 aliphatic carbocycles.